The Morgan fingerprint density at radius 2 is 1.70 bits per heavy atom. The largest absolute Gasteiger partial charge is 0.382 e. The zero-order valence-corrected chi connectivity index (χ0v) is 14.6. The first-order chi connectivity index (χ1) is 11.1. The molecule has 5 heteroatoms. The van der Waals surface area contributed by atoms with Crippen LogP contribution < -0.4 is 0 Å². The van der Waals surface area contributed by atoms with E-state index in [0.717, 1.165) is 11.3 Å². The molecule has 0 aromatic heterocycles. The third-order valence-corrected chi connectivity index (χ3v) is 5.53. The van der Waals surface area contributed by atoms with Crippen LogP contribution in [0.25, 0.3) is 0 Å². The molecule has 1 aliphatic rings. The molecule has 0 amide bonds. The smallest absolute Gasteiger partial charge is 0.154 e. The maximum Gasteiger partial charge on any atom is 0.154 e. The lowest BCUT2D eigenvalue weighted by Crippen LogP contribution is -2.33. The minimum Gasteiger partial charge on any atom is -0.382 e. The zero-order valence-electron chi connectivity index (χ0n) is 13.1. The Hall–Kier alpha value is -1.62. The highest BCUT2D eigenvalue weighted by atomic mass is 35.5. The molecule has 0 spiro atoms. The first kappa shape index (κ1) is 16.2. The molecule has 1 N–H and O–H groups in total. The predicted molar refractivity (Wildman–Crippen MR) is 96.1 cm³/mol. The Kier molecular flexibility index (Phi) is 4.85. The third kappa shape index (κ3) is 3.50. The van der Waals surface area contributed by atoms with Crippen LogP contribution in [0, 0.1) is 0 Å². The van der Waals surface area contributed by atoms with Crippen molar-refractivity contribution in [2.75, 3.05) is 14.1 Å². The quantitative estimate of drug-likeness (QED) is 0.899. The van der Waals surface area contributed by atoms with Gasteiger partial charge in [-0.15, -0.1) is 0 Å². The van der Waals surface area contributed by atoms with Crippen molar-refractivity contribution in [2.45, 2.75) is 16.5 Å². The van der Waals surface area contributed by atoms with Gasteiger partial charge < -0.3 is 14.9 Å². The van der Waals surface area contributed by atoms with Crippen LogP contribution in [0.15, 0.2) is 71.4 Å². The molecule has 0 radical (unpaired) electrons. The fraction of sp³-hybridized carbons (Fsp3) is 0.222. The zero-order chi connectivity index (χ0) is 16.4. The van der Waals surface area contributed by atoms with Gasteiger partial charge in [0, 0.05) is 30.2 Å². The lowest BCUT2D eigenvalue weighted by atomic mass is 10.1. The van der Waals surface area contributed by atoms with Gasteiger partial charge in [-0.25, -0.2) is 0 Å². The lowest BCUT2D eigenvalue weighted by molar-refractivity contribution is 0.170. The summed E-state index contributed by atoms with van der Waals surface area (Å²) >= 11 is 7.68. The van der Waals surface area contributed by atoms with E-state index in [1.54, 1.807) is 23.9 Å². The minimum atomic E-state index is -0.666. The predicted octanol–water partition coefficient (Wildman–Crippen LogP) is 4.17. The summed E-state index contributed by atoms with van der Waals surface area (Å²) in [5.74, 6) is 0. The van der Waals surface area contributed by atoms with E-state index in [4.69, 9.17) is 11.6 Å². The summed E-state index contributed by atoms with van der Waals surface area (Å²) < 4.78 is 0. The fourth-order valence-electron chi connectivity index (χ4n) is 2.63. The van der Waals surface area contributed by atoms with E-state index in [1.165, 1.54) is 4.90 Å². The molecule has 2 aromatic rings. The number of halogens is 1. The van der Waals surface area contributed by atoms with E-state index in [9.17, 15) is 5.11 Å². The number of rotatable bonds is 4. The van der Waals surface area contributed by atoms with Crippen molar-refractivity contribution in [2.24, 2.45) is 0 Å². The summed E-state index contributed by atoms with van der Waals surface area (Å²) in [6.45, 7) is 0. The van der Waals surface area contributed by atoms with Crippen LogP contribution in [-0.4, -0.2) is 34.5 Å². The Morgan fingerprint density at radius 1 is 1.04 bits per heavy atom. The minimum absolute atomic E-state index is 0.120. The number of aliphatic hydroxyl groups excluding tert-OH is 1. The van der Waals surface area contributed by atoms with Crippen LogP contribution in [0.2, 0.25) is 5.02 Å². The van der Waals surface area contributed by atoms with Crippen molar-refractivity contribution < 1.29 is 5.11 Å². The first-order valence-electron chi connectivity index (χ1n) is 7.38. The molecule has 3 nitrogen and oxygen atoms in total. The number of aliphatic hydroxyl groups is 1. The van der Waals surface area contributed by atoms with E-state index in [2.05, 4.69) is 21.9 Å². The molecule has 2 unspecified atom stereocenters. The molecule has 2 atom stereocenters. The Balaban J connectivity index is 1.76. The van der Waals surface area contributed by atoms with Crippen LogP contribution >= 0.6 is 23.4 Å². The Bertz CT molecular complexity index is 690. The van der Waals surface area contributed by atoms with Gasteiger partial charge in [0.15, 0.2) is 5.50 Å². The standard InChI is InChI=1S/C18H19ClN2OS/c1-20-12-16(17(22)13-8-10-14(19)11-9-13)21(2)18(20)23-15-6-4-3-5-7-15/h3-12,17-18,22H,1-2H3. The second kappa shape index (κ2) is 6.87. The molecule has 1 heterocycles. The fourth-order valence-corrected chi connectivity index (χ4v) is 3.82. The molecular formula is C18H19ClN2OS. The summed E-state index contributed by atoms with van der Waals surface area (Å²) in [5.41, 5.74) is 1.84. The number of benzene rings is 2. The van der Waals surface area contributed by atoms with Crippen molar-refractivity contribution in [3.63, 3.8) is 0 Å². The van der Waals surface area contributed by atoms with E-state index >= 15 is 0 Å². The molecule has 3 rings (SSSR count). The Morgan fingerprint density at radius 3 is 2.35 bits per heavy atom. The number of nitrogens with zero attached hydrogens (tertiary/aromatic N) is 2. The van der Waals surface area contributed by atoms with Crippen molar-refractivity contribution in [3.05, 3.63) is 77.1 Å². The average Bonchev–Trinajstić information content (AvgIpc) is 2.84. The molecule has 23 heavy (non-hydrogen) atoms. The van der Waals surface area contributed by atoms with Gasteiger partial charge in [-0.2, -0.15) is 0 Å². The SMILES string of the molecule is CN1C=C(C(O)c2ccc(Cl)cc2)N(C)C1Sc1ccccc1. The molecule has 0 bridgehead atoms. The van der Waals surface area contributed by atoms with E-state index in [-0.39, 0.29) is 5.50 Å². The monoisotopic (exact) mass is 346 g/mol. The number of hydrogen-bond acceptors (Lipinski definition) is 4. The van der Waals surface area contributed by atoms with E-state index < -0.39 is 6.10 Å². The number of hydrogen-bond donors (Lipinski definition) is 1. The molecule has 2 aromatic carbocycles. The second-order valence-electron chi connectivity index (χ2n) is 5.54. The highest BCUT2D eigenvalue weighted by Gasteiger charge is 2.32. The van der Waals surface area contributed by atoms with Gasteiger partial charge in [0.2, 0.25) is 0 Å². The topological polar surface area (TPSA) is 26.7 Å². The molecule has 0 saturated carbocycles. The first-order valence-corrected chi connectivity index (χ1v) is 8.64. The van der Waals surface area contributed by atoms with Crippen LogP contribution in [0.1, 0.15) is 11.7 Å². The van der Waals surface area contributed by atoms with Crippen LogP contribution in [0.4, 0.5) is 0 Å². The summed E-state index contributed by atoms with van der Waals surface area (Å²) in [6, 6.07) is 17.6. The van der Waals surface area contributed by atoms with Crippen molar-refractivity contribution in [1.82, 2.24) is 9.80 Å². The van der Waals surface area contributed by atoms with Crippen molar-refractivity contribution >= 4 is 23.4 Å². The highest BCUT2D eigenvalue weighted by Crippen LogP contribution is 2.37. The highest BCUT2D eigenvalue weighted by molar-refractivity contribution is 7.99. The van der Waals surface area contributed by atoms with Gasteiger partial charge in [0.05, 0.1) is 5.70 Å². The van der Waals surface area contributed by atoms with Gasteiger partial charge in [0.1, 0.15) is 6.10 Å². The molecule has 0 fully saturated rings. The molecule has 120 valence electrons. The normalized spacial score (nSPS) is 19.0. The molecule has 1 aliphatic heterocycles. The van der Waals surface area contributed by atoms with Crippen LogP contribution in [0.5, 0.6) is 0 Å². The van der Waals surface area contributed by atoms with E-state index in [1.807, 2.05) is 50.6 Å². The third-order valence-electron chi connectivity index (χ3n) is 3.87. The van der Waals surface area contributed by atoms with Crippen molar-refractivity contribution in [1.29, 1.82) is 0 Å². The van der Waals surface area contributed by atoms with Gasteiger partial charge in [-0.1, -0.05) is 53.7 Å². The van der Waals surface area contributed by atoms with Gasteiger partial charge >= 0.3 is 0 Å². The average molecular weight is 347 g/mol. The maximum atomic E-state index is 10.7. The second-order valence-corrected chi connectivity index (χ2v) is 7.11. The summed E-state index contributed by atoms with van der Waals surface area (Å²) in [6.07, 6.45) is 1.33. The number of likely N-dealkylation sites (N-methyl/N-ethyl adjacent to an activating group) is 1. The maximum absolute atomic E-state index is 10.7. The van der Waals surface area contributed by atoms with Gasteiger partial charge in [-0.05, 0) is 29.8 Å². The summed E-state index contributed by atoms with van der Waals surface area (Å²) in [5, 5.41) is 11.4. The number of thioether (sulfide) groups is 1. The molecular weight excluding hydrogens is 328 g/mol. The summed E-state index contributed by atoms with van der Waals surface area (Å²) in [4.78, 5) is 5.43. The van der Waals surface area contributed by atoms with Crippen LogP contribution in [-0.2, 0) is 0 Å². The van der Waals surface area contributed by atoms with Gasteiger partial charge in [-0.3, -0.25) is 0 Å². The van der Waals surface area contributed by atoms with E-state index in [0.29, 0.717) is 5.02 Å². The van der Waals surface area contributed by atoms with Crippen molar-refractivity contribution in [3.8, 4) is 0 Å². The van der Waals surface area contributed by atoms with Crippen LogP contribution in [0.3, 0.4) is 0 Å². The van der Waals surface area contributed by atoms with Gasteiger partial charge in [0.25, 0.3) is 0 Å². The lowest BCUT2D eigenvalue weighted by Gasteiger charge is -2.30. The molecule has 0 saturated heterocycles. The Labute approximate surface area is 146 Å². The molecule has 0 aliphatic carbocycles. The summed E-state index contributed by atoms with van der Waals surface area (Å²) in [7, 11) is 4.04.